The maximum atomic E-state index is 12.3. The molecule has 0 saturated carbocycles. The van der Waals surface area contributed by atoms with E-state index in [1.807, 2.05) is 0 Å². The first-order chi connectivity index (χ1) is 10.5. The molecule has 3 nitrogen and oxygen atoms in total. The van der Waals surface area contributed by atoms with Gasteiger partial charge in [-0.15, -0.1) is 0 Å². The van der Waals surface area contributed by atoms with Crippen molar-refractivity contribution >= 4 is 47.4 Å². The van der Waals surface area contributed by atoms with Crippen molar-refractivity contribution in [2.24, 2.45) is 0 Å². The minimum atomic E-state index is -2.81. The Morgan fingerprint density at radius 2 is 1.45 bits per heavy atom. The van der Waals surface area contributed by atoms with Crippen molar-refractivity contribution in [2.45, 2.75) is 72.6 Å². The van der Waals surface area contributed by atoms with Crippen LogP contribution in [0.5, 0.6) is 0 Å². The zero-order valence-corrected chi connectivity index (χ0v) is 19.8. The van der Waals surface area contributed by atoms with E-state index in [0.717, 1.165) is 3.58 Å². The van der Waals surface area contributed by atoms with E-state index in [-0.39, 0.29) is 5.97 Å². The van der Waals surface area contributed by atoms with E-state index in [4.69, 9.17) is 7.81 Å². The molecule has 0 aliphatic heterocycles. The Hall–Kier alpha value is 0.699. The van der Waals surface area contributed by atoms with E-state index in [1.165, 1.54) is 51.8 Å². The van der Waals surface area contributed by atoms with Crippen molar-refractivity contribution in [2.75, 3.05) is 13.7 Å². The van der Waals surface area contributed by atoms with E-state index in [9.17, 15) is 4.79 Å². The summed E-state index contributed by atoms with van der Waals surface area (Å²) in [7, 11) is 1.64. The van der Waals surface area contributed by atoms with Crippen molar-refractivity contribution in [3.63, 3.8) is 0 Å². The van der Waals surface area contributed by atoms with Gasteiger partial charge in [-0.2, -0.15) is 0 Å². The Balaban J connectivity index is 4.97. The van der Waals surface area contributed by atoms with E-state index in [2.05, 4.69) is 43.4 Å². The van der Waals surface area contributed by atoms with Crippen LogP contribution in [-0.4, -0.2) is 38.5 Å². The Morgan fingerprint density at radius 1 is 1.00 bits per heavy atom. The second-order valence-corrected chi connectivity index (χ2v) is 18.9. The van der Waals surface area contributed by atoms with E-state index in [0.29, 0.717) is 6.61 Å². The molecule has 0 aliphatic carbocycles. The van der Waals surface area contributed by atoms with Gasteiger partial charge in [0.05, 0.1) is 0 Å². The molecule has 0 atom stereocenters. The zero-order valence-electron chi connectivity index (χ0n) is 14.8. The number of hydrogen-bond donors (Lipinski definition) is 0. The van der Waals surface area contributed by atoms with Gasteiger partial charge in [0.2, 0.25) is 0 Å². The summed E-state index contributed by atoms with van der Waals surface area (Å²) >= 11 is -0.652. The fourth-order valence-corrected chi connectivity index (χ4v) is 16.1. The molecule has 0 aromatic carbocycles. The number of carbonyl (C=O) groups is 1. The van der Waals surface area contributed by atoms with Crippen molar-refractivity contribution in [3.05, 3.63) is 9.66 Å². The quantitative estimate of drug-likeness (QED) is 0.170. The van der Waals surface area contributed by atoms with Gasteiger partial charge in [-0.1, -0.05) is 0 Å². The van der Waals surface area contributed by atoms with Crippen molar-refractivity contribution < 1.29 is 12.6 Å². The predicted molar refractivity (Wildman–Crippen MR) is 105 cm³/mol. The minimum absolute atomic E-state index is 0.124. The molecule has 0 saturated heterocycles. The summed E-state index contributed by atoms with van der Waals surface area (Å²) in [4.78, 5) is 12.3. The van der Waals surface area contributed by atoms with Crippen LogP contribution in [-0.2, 0) is 12.6 Å². The van der Waals surface area contributed by atoms with Crippen LogP contribution in [0.1, 0.15) is 59.3 Å². The van der Waals surface area contributed by atoms with Crippen LogP contribution < -0.4 is 0 Å². The van der Waals surface area contributed by atoms with E-state index >= 15 is 0 Å². The third-order valence-corrected chi connectivity index (χ3v) is 17.1. The summed E-state index contributed by atoms with van der Waals surface area (Å²) in [5.41, 5.74) is 0. The molecule has 5 heteroatoms. The van der Waals surface area contributed by atoms with Crippen LogP contribution in [0.25, 0.3) is 0 Å². The van der Waals surface area contributed by atoms with Crippen molar-refractivity contribution in [1.29, 1.82) is 0 Å². The Morgan fingerprint density at radius 3 is 1.82 bits per heavy atom. The Kier molecular flexibility index (Phi) is 14.5. The standard InChI is InChI=1S/C5H7IO3.3C4H9.Sn/c1-9-3-4(6)2-5(7)8;3*1-3-4-2;/h2H,3H2,1H3,(H,7,8);3*1,3-4H2,2H3;/q;;;;+1/p-1/b4-2-;;;;. The molecule has 22 heavy (non-hydrogen) atoms. The molecule has 0 radical (unpaired) electrons. The van der Waals surface area contributed by atoms with E-state index in [1.54, 1.807) is 13.2 Å². The normalized spacial score (nSPS) is 12.5. The molecular formula is C17H33IO3Sn. The molecule has 0 aromatic rings. The van der Waals surface area contributed by atoms with Gasteiger partial charge in [-0.05, 0) is 0 Å². The number of halogens is 1. The summed E-state index contributed by atoms with van der Waals surface area (Å²) in [6, 6.07) is 0. The second kappa shape index (κ2) is 14.1. The summed E-state index contributed by atoms with van der Waals surface area (Å²) in [6.07, 6.45) is 8.79. The molecule has 0 aromatic heterocycles. The average Bonchev–Trinajstić information content (AvgIpc) is 2.48. The van der Waals surface area contributed by atoms with Gasteiger partial charge in [0.25, 0.3) is 0 Å². The number of carbonyl (C=O) groups excluding carboxylic acids is 1. The van der Waals surface area contributed by atoms with Crippen LogP contribution in [0.3, 0.4) is 0 Å². The fraction of sp³-hybridized carbons (Fsp3) is 0.824. The molecule has 0 heterocycles. The Bertz CT molecular complexity index is 310. The van der Waals surface area contributed by atoms with Gasteiger partial charge in [0.15, 0.2) is 0 Å². The second-order valence-electron chi connectivity index (χ2n) is 5.94. The van der Waals surface area contributed by atoms with Crippen LogP contribution in [0, 0.1) is 0 Å². The third-order valence-electron chi connectivity index (χ3n) is 3.83. The maximum absolute atomic E-state index is 12.3. The van der Waals surface area contributed by atoms with Gasteiger partial charge in [-0.3, -0.25) is 0 Å². The number of methoxy groups -OCH3 is 1. The first-order valence-electron chi connectivity index (χ1n) is 8.61. The molecule has 0 fully saturated rings. The first-order valence-corrected chi connectivity index (χ1v) is 16.9. The molecular weight excluding hydrogens is 498 g/mol. The average molecular weight is 531 g/mol. The molecule has 0 rings (SSSR count). The summed E-state index contributed by atoms with van der Waals surface area (Å²) in [5.74, 6) is -0.124. The molecule has 0 bridgehead atoms. The summed E-state index contributed by atoms with van der Waals surface area (Å²) < 4.78 is 15.7. The van der Waals surface area contributed by atoms with Gasteiger partial charge < -0.3 is 0 Å². The zero-order chi connectivity index (χ0) is 16.8. The monoisotopic (exact) mass is 532 g/mol. The van der Waals surface area contributed by atoms with Gasteiger partial charge in [0.1, 0.15) is 0 Å². The number of ether oxygens (including phenoxy) is 1. The molecule has 0 spiro atoms. The number of hydrogen-bond acceptors (Lipinski definition) is 3. The van der Waals surface area contributed by atoms with Crippen LogP contribution in [0.15, 0.2) is 9.66 Å². The Labute approximate surface area is 155 Å². The molecule has 0 N–H and O–H groups in total. The molecule has 0 amide bonds. The first kappa shape index (κ1) is 22.7. The molecule has 0 unspecified atom stereocenters. The van der Waals surface area contributed by atoms with Gasteiger partial charge in [0, 0.05) is 0 Å². The number of unbranched alkanes of at least 4 members (excludes halogenated alkanes) is 3. The summed E-state index contributed by atoms with van der Waals surface area (Å²) in [5, 5.41) is 0. The topological polar surface area (TPSA) is 35.5 Å². The number of rotatable bonds is 13. The predicted octanol–water partition coefficient (Wildman–Crippen LogP) is 5.84. The van der Waals surface area contributed by atoms with Crippen LogP contribution in [0.4, 0.5) is 0 Å². The SMILES string of the molecule is CCC[CH2][Sn]([CH2]CCC)([CH2]CCC)[O]C(=O)/C=C(\I)COC. The molecule has 0 aliphatic rings. The van der Waals surface area contributed by atoms with Crippen LogP contribution >= 0.6 is 22.6 Å². The van der Waals surface area contributed by atoms with Gasteiger partial charge in [-0.25, -0.2) is 0 Å². The fourth-order valence-electron chi connectivity index (χ4n) is 2.58. The van der Waals surface area contributed by atoms with Gasteiger partial charge >= 0.3 is 156 Å². The van der Waals surface area contributed by atoms with Crippen molar-refractivity contribution in [1.82, 2.24) is 0 Å². The van der Waals surface area contributed by atoms with E-state index < -0.39 is 18.8 Å². The van der Waals surface area contributed by atoms with Crippen molar-refractivity contribution in [3.8, 4) is 0 Å². The summed E-state index contributed by atoms with van der Waals surface area (Å²) in [6.45, 7) is 7.15. The third kappa shape index (κ3) is 10.5. The molecule has 130 valence electrons. The van der Waals surface area contributed by atoms with Crippen LogP contribution in [0.2, 0.25) is 13.3 Å².